The fraction of sp³-hybridized carbons (Fsp3) is 0.500. The maximum atomic E-state index is 6.01. The molecule has 4 rings (SSSR count). The smallest absolute Gasteiger partial charge is 0.143 e. The Labute approximate surface area is 179 Å². The molecule has 6 nitrogen and oxygen atoms in total. The molecule has 0 radical (unpaired) electrons. The first kappa shape index (κ1) is 21.0. The van der Waals surface area contributed by atoms with Gasteiger partial charge in [0.05, 0.1) is 19.3 Å². The van der Waals surface area contributed by atoms with Crippen LogP contribution in [0, 0.1) is 5.92 Å². The molecule has 0 aliphatic carbocycles. The van der Waals surface area contributed by atoms with Crippen LogP contribution in [0.25, 0.3) is 0 Å². The largest absolute Gasteiger partial charge is 0.496 e. The summed E-state index contributed by atoms with van der Waals surface area (Å²) in [5.41, 5.74) is 3.39. The van der Waals surface area contributed by atoms with Crippen LogP contribution in [-0.4, -0.2) is 47.0 Å². The highest BCUT2D eigenvalue weighted by atomic mass is 16.5. The van der Waals surface area contributed by atoms with Gasteiger partial charge in [0, 0.05) is 25.8 Å². The van der Waals surface area contributed by atoms with Crippen LogP contribution in [0.1, 0.15) is 30.2 Å². The lowest BCUT2D eigenvalue weighted by Gasteiger charge is -2.32. The van der Waals surface area contributed by atoms with Crippen molar-refractivity contribution in [2.24, 2.45) is 5.92 Å². The van der Waals surface area contributed by atoms with Crippen LogP contribution in [0.3, 0.4) is 0 Å². The number of rotatable bonds is 8. The number of ether oxygens (including phenoxy) is 3. The van der Waals surface area contributed by atoms with Crippen molar-refractivity contribution in [2.75, 3.05) is 51.9 Å². The molecule has 2 aromatic rings. The van der Waals surface area contributed by atoms with Crippen LogP contribution in [0.2, 0.25) is 0 Å². The van der Waals surface area contributed by atoms with E-state index in [1.54, 1.807) is 14.2 Å². The van der Waals surface area contributed by atoms with Gasteiger partial charge in [0.25, 0.3) is 0 Å². The van der Waals surface area contributed by atoms with E-state index < -0.39 is 0 Å². The maximum absolute atomic E-state index is 6.01. The first-order valence-electron chi connectivity index (χ1n) is 10.9. The number of benzene rings is 2. The molecule has 0 amide bonds. The molecular weight excluding hydrogens is 378 g/mol. The van der Waals surface area contributed by atoms with Crippen molar-refractivity contribution in [1.29, 1.82) is 0 Å². The zero-order valence-electron chi connectivity index (χ0n) is 18.0. The van der Waals surface area contributed by atoms with E-state index >= 15 is 0 Å². The van der Waals surface area contributed by atoms with Crippen LogP contribution in [0.4, 0.5) is 5.69 Å². The third-order valence-corrected chi connectivity index (χ3v) is 6.09. The molecule has 2 heterocycles. The standard InChI is InChI=1S/C24H33N3O3/c1-28-22-6-4-3-5-20(22)17-27-13-14-30-23-15-19(7-8-21(23)27)24(29-2)26-16-18-9-11-25-12-10-18/h3-8,15,18,24-26H,9-14,16-17H2,1-2H3. The topological polar surface area (TPSA) is 55.0 Å². The second-order valence-corrected chi connectivity index (χ2v) is 8.03. The SMILES string of the molecule is COc1ccccc1CN1CCOc2cc(C(NCC3CCNCC3)OC)ccc21. The maximum Gasteiger partial charge on any atom is 0.143 e. The van der Waals surface area contributed by atoms with Crippen molar-refractivity contribution in [2.45, 2.75) is 25.6 Å². The Morgan fingerprint density at radius 2 is 2.00 bits per heavy atom. The Kier molecular flexibility index (Phi) is 7.10. The van der Waals surface area contributed by atoms with Gasteiger partial charge in [-0.15, -0.1) is 0 Å². The molecule has 1 unspecified atom stereocenters. The van der Waals surface area contributed by atoms with Gasteiger partial charge in [-0.1, -0.05) is 24.3 Å². The number of nitrogens with zero attached hydrogens (tertiary/aromatic N) is 1. The molecule has 0 saturated carbocycles. The van der Waals surface area contributed by atoms with E-state index in [1.807, 2.05) is 12.1 Å². The van der Waals surface area contributed by atoms with Crippen LogP contribution in [-0.2, 0) is 11.3 Å². The number of nitrogens with one attached hydrogen (secondary N) is 2. The Balaban J connectivity index is 1.46. The van der Waals surface area contributed by atoms with Gasteiger partial charge < -0.3 is 24.4 Å². The van der Waals surface area contributed by atoms with Crippen LogP contribution in [0.5, 0.6) is 11.5 Å². The number of fused-ring (bicyclic) bond motifs is 1. The molecule has 2 aliphatic rings. The van der Waals surface area contributed by atoms with E-state index in [2.05, 4.69) is 45.9 Å². The third kappa shape index (κ3) is 4.89. The van der Waals surface area contributed by atoms with Crippen molar-refractivity contribution in [3.05, 3.63) is 53.6 Å². The number of anilines is 1. The zero-order chi connectivity index (χ0) is 20.8. The van der Waals surface area contributed by atoms with Crippen molar-refractivity contribution in [3.63, 3.8) is 0 Å². The summed E-state index contributed by atoms with van der Waals surface area (Å²) in [5.74, 6) is 2.54. The Morgan fingerprint density at radius 1 is 1.17 bits per heavy atom. The predicted octanol–water partition coefficient (Wildman–Crippen LogP) is 3.33. The van der Waals surface area contributed by atoms with E-state index in [1.165, 1.54) is 18.4 Å². The highest BCUT2D eigenvalue weighted by Gasteiger charge is 2.22. The predicted molar refractivity (Wildman–Crippen MR) is 119 cm³/mol. The lowest BCUT2D eigenvalue weighted by atomic mass is 9.98. The Hall–Kier alpha value is -2.28. The summed E-state index contributed by atoms with van der Waals surface area (Å²) in [6.45, 7) is 5.51. The second kappa shape index (κ2) is 10.2. The molecule has 2 N–H and O–H groups in total. The number of hydrogen-bond donors (Lipinski definition) is 2. The normalized spacial score (nSPS) is 17.9. The summed E-state index contributed by atoms with van der Waals surface area (Å²) in [6, 6.07) is 14.6. The molecule has 30 heavy (non-hydrogen) atoms. The van der Waals surface area contributed by atoms with Gasteiger partial charge >= 0.3 is 0 Å². The fourth-order valence-corrected chi connectivity index (χ4v) is 4.36. The summed E-state index contributed by atoms with van der Waals surface area (Å²) in [5, 5.41) is 7.02. The minimum absolute atomic E-state index is 0.127. The molecule has 0 spiro atoms. The van der Waals surface area contributed by atoms with Gasteiger partial charge in [0.15, 0.2) is 0 Å². The number of hydrogen-bond acceptors (Lipinski definition) is 6. The highest BCUT2D eigenvalue weighted by molar-refractivity contribution is 5.62. The van der Waals surface area contributed by atoms with Crippen molar-refractivity contribution >= 4 is 5.69 Å². The average molecular weight is 412 g/mol. The molecule has 2 aliphatic heterocycles. The molecule has 2 aromatic carbocycles. The third-order valence-electron chi connectivity index (χ3n) is 6.09. The lowest BCUT2D eigenvalue weighted by molar-refractivity contribution is 0.0679. The molecule has 0 aromatic heterocycles. The highest BCUT2D eigenvalue weighted by Crippen LogP contribution is 2.36. The summed E-state index contributed by atoms with van der Waals surface area (Å²) in [7, 11) is 3.48. The zero-order valence-corrected chi connectivity index (χ0v) is 18.0. The molecule has 162 valence electrons. The van der Waals surface area contributed by atoms with Gasteiger partial charge in [-0.05, 0) is 55.6 Å². The van der Waals surface area contributed by atoms with E-state index in [-0.39, 0.29) is 6.23 Å². The minimum atomic E-state index is -0.127. The molecule has 0 bridgehead atoms. The van der Waals surface area contributed by atoms with Gasteiger partial charge in [-0.25, -0.2) is 0 Å². The monoisotopic (exact) mass is 411 g/mol. The minimum Gasteiger partial charge on any atom is -0.496 e. The van der Waals surface area contributed by atoms with Crippen LogP contribution in [0.15, 0.2) is 42.5 Å². The van der Waals surface area contributed by atoms with Crippen molar-refractivity contribution in [1.82, 2.24) is 10.6 Å². The van der Waals surface area contributed by atoms with E-state index in [4.69, 9.17) is 14.2 Å². The van der Waals surface area contributed by atoms with Gasteiger partial charge in [0.1, 0.15) is 24.3 Å². The summed E-state index contributed by atoms with van der Waals surface area (Å²) in [4.78, 5) is 2.35. The number of methoxy groups -OCH3 is 2. The molecule has 6 heteroatoms. The Morgan fingerprint density at radius 3 is 2.80 bits per heavy atom. The lowest BCUT2D eigenvalue weighted by Crippen LogP contribution is -2.35. The molecule has 1 saturated heterocycles. The molecule has 1 atom stereocenters. The van der Waals surface area contributed by atoms with Crippen molar-refractivity contribution < 1.29 is 14.2 Å². The van der Waals surface area contributed by atoms with Gasteiger partial charge in [0.2, 0.25) is 0 Å². The van der Waals surface area contributed by atoms with E-state index in [0.29, 0.717) is 12.5 Å². The average Bonchev–Trinajstić information content (AvgIpc) is 2.80. The first-order valence-corrected chi connectivity index (χ1v) is 10.9. The van der Waals surface area contributed by atoms with Gasteiger partial charge in [-0.2, -0.15) is 0 Å². The van der Waals surface area contributed by atoms with Crippen LogP contribution < -0.4 is 25.0 Å². The molecule has 1 fully saturated rings. The summed E-state index contributed by atoms with van der Waals surface area (Å²) >= 11 is 0. The number of piperidine rings is 1. The summed E-state index contributed by atoms with van der Waals surface area (Å²) < 4.78 is 17.3. The van der Waals surface area contributed by atoms with E-state index in [0.717, 1.165) is 55.5 Å². The quantitative estimate of drug-likeness (QED) is 0.650. The first-order chi connectivity index (χ1) is 14.8. The van der Waals surface area contributed by atoms with Crippen molar-refractivity contribution in [3.8, 4) is 11.5 Å². The second-order valence-electron chi connectivity index (χ2n) is 8.03. The van der Waals surface area contributed by atoms with E-state index in [9.17, 15) is 0 Å². The Bertz CT molecular complexity index is 823. The number of para-hydroxylation sites is 1. The molecular formula is C24H33N3O3. The summed E-state index contributed by atoms with van der Waals surface area (Å²) in [6.07, 6.45) is 2.31. The fourth-order valence-electron chi connectivity index (χ4n) is 4.36. The van der Waals surface area contributed by atoms with Crippen LogP contribution >= 0.6 is 0 Å². The van der Waals surface area contributed by atoms with Gasteiger partial charge in [-0.3, -0.25) is 5.32 Å².